The van der Waals surface area contributed by atoms with Crippen LogP contribution >= 0.6 is 11.6 Å². The molecular weight excluding hydrogens is 288 g/mol. The van der Waals surface area contributed by atoms with Gasteiger partial charge in [-0.15, -0.1) is 0 Å². The Labute approximate surface area is 117 Å². The number of rotatable bonds is 4. The highest BCUT2D eigenvalue weighted by Gasteiger charge is 2.33. The third-order valence-corrected chi connectivity index (χ3v) is 5.10. The van der Waals surface area contributed by atoms with Crippen LogP contribution in [0.2, 0.25) is 5.02 Å². The number of hydrogen-bond acceptors (Lipinski definition) is 4. The molecular formula is C12H13ClN2O3S. The van der Waals surface area contributed by atoms with E-state index in [2.05, 4.69) is 4.72 Å². The Balaban J connectivity index is 2.18. The van der Waals surface area contributed by atoms with Gasteiger partial charge in [-0.3, -0.25) is 0 Å². The fraction of sp³-hybridized carbons (Fsp3) is 0.417. The SMILES string of the molecule is COC1CC(NS(=O)(=O)c2cc(C#N)ccc2Cl)C1. The zero-order chi connectivity index (χ0) is 14.0. The molecule has 1 aliphatic rings. The van der Waals surface area contributed by atoms with Gasteiger partial charge < -0.3 is 4.74 Å². The molecule has 0 spiro atoms. The van der Waals surface area contributed by atoms with Crippen molar-refractivity contribution in [2.75, 3.05) is 7.11 Å². The van der Waals surface area contributed by atoms with Crippen LogP contribution in [0, 0.1) is 11.3 Å². The molecule has 102 valence electrons. The maximum Gasteiger partial charge on any atom is 0.242 e. The second-order valence-electron chi connectivity index (χ2n) is 4.40. The lowest BCUT2D eigenvalue weighted by atomic mass is 9.90. The van der Waals surface area contributed by atoms with E-state index in [-0.39, 0.29) is 27.6 Å². The molecule has 0 aromatic heterocycles. The van der Waals surface area contributed by atoms with Gasteiger partial charge >= 0.3 is 0 Å². The lowest BCUT2D eigenvalue weighted by molar-refractivity contribution is 0.0236. The van der Waals surface area contributed by atoms with Crippen LogP contribution < -0.4 is 4.72 Å². The first-order chi connectivity index (χ1) is 8.96. The summed E-state index contributed by atoms with van der Waals surface area (Å²) in [6.45, 7) is 0. The molecule has 0 saturated heterocycles. The first-order valence-electron chi connectivity index (χ1n) is 5.71. The zero-order valence-electron chi connectivity index (χ0n) is 10.3. The molecule has 1 saturated carbocycles. The van der Waals surface area contributed by atoms with Gasteiger partial charge in [0.05, 0.1) is 22.8 Å². The summed E-state index contributed by atoms with van der Waals surface area (Å²) in [4.78, 5) is -0.0610. The average Bonchev–Trinajstić information content (AvgIpc) is 2.33. The molecule has 1 N–H and O–H groups in total. The predicted molar refractivity (Wildman–Crippen MR) is 70.3 cm³/mol. The van der Waals surface area contributed by atoms with Crippen LogP contribution in [0.5, 0.6) is 0 Å². The fourth-order valence-electron chi connectivity index (χ4n) is 1.92. The van der Waals surface area contributed by atoms with E-state index in [1.54, 1.807) is 7.11 Å². The summed E-state index contributed by atoms with van der Waals surface area (Å²) in [5.41, 5.74) is 0.258. The number of halogens is 1. The molecule has 0 unspecified atom stereocenters. The van der Waals surface area contributed by atoms with Crippen molar-refractivity contribution in [3.63, 3.8) is 0 Å². The van der Waals surface area contributed by atoms with Crippen LogP contribution in [0.15, 0.2) is 23.1 Å². The minimum absolute atomic E-state index is 0.0610. The maximum absolute atomic E-state index is 12.2. The number of nitriles is 1. The van der Waals surface area contributed by atoms with Crippen molar-refractivity contribution in [2.24, 2.45) is 0 Å². The molecule has 1 aromatic carbocycles. The van der Waals surface area contributed by atoms with Gasteiger partial charge in [0.15, 0.2) is 0 Å². The number of nitrogens with one attached hydrogen (secondary N) is 1. The second-order valence-corrected chi connectivity index (χ2v) is 6.49. The Morgan fingerprint density at radius 2 is 2.16 bits per heavy atom. The van der Waals surface area contributed by atoms with Crippen LogP contribution in [0.4, 0.5) is 0 Å². The Morgan fingerprint density at radius 3 is 2.74 bits per heavy atom. The Morgan fingerprint density at radius 1 is 1.47 bits per heavy atom. The summed E-state index contributed by atoms with van der Waals surface area (Å²) in [6, 6.07) is 5.91. The summed E-state index contributed by atoms with van der Waals surface area (Å²) >= 11 is 5.89. The topological polar surface area (TPSA) is 79.2 Å². The number of nitrogens with zero attached hydrogens (tertiary/aromatic N) is 1. The van der Waals surface area contributed by atoms with Crippen molar-refractivity contribution in [1.29, 1.82) is 5.26 Å². The number of sulfonamides is 1. The van der Waals surface area contributed by atoms with E-state index in [4.69, 9.17) is 21.6 Å². The fourth-order valence-corrected chi connectivity index (χ4v) is 3.70. The van der Waals surface area contributed by atoms with Crippen molar-refractivity contribution < 1.29 is 13.2 Å². The van der Waals surface area contributed by atoms with Gasteiger partial charge in [0.2, 0.25) is 10.0 Å². The van der Waals surface area contributed by atoms with E-state index in [1.807, 2.05) is 6.07 Å². The first-order valence-corrected chi connectivity index (χ1v) is 7.57. The largest absolute Gasteiger partial charge is 0.381 e. The van der Waals surface area contributed by atoms with E-state index in [9.17, 15) is 8.42 Å². The summed E-state index contributed by atoms with van der Waals surface area (Å²) in [6.07, 6.45) is 1.39. The molecule has 1 aromatic rings. The quantitative estimate of drug-likeness (QED) is 0.917. The maximum atomic E-state index is 12.2. The predicted octanol–water partition coefficient (Wildman–Crippen LogP) is 1.67. The van der Waals surface area contributed by atoms with Gasteiger partial charge in [0, 0.05) is 13.2 Å². The smallest absolute Gasteiger partial charge is 0.242 e. The molecule has 1 fully saturated rings. The minimum atomic E-state index is -3.70. The number of benzene rings is 1. The highest BCUT2D eigenvalue weighted by Crippen LogP contribution is 2.27. The molecule has 1 aliphatic carbocycles. The second kappa shape index (κ2) is 5.47. The Hall–Kier alpha value is -1.13. The minimum Gasteiger partial charge on any atom is -0.381 e. The molecule has 0 atom stereocenters. The Kier molecular flexibility index (Phi) is 4.11. The molecule has 19 heavy (non-hydrogen) atoms. The van der Waals surface area contributed by atoms with Gasteiger partial charge in [-0.2, -0.15) is 5.26 Å². The molecule has 0 aliphatic heterocycles. The summed E-state index contributed by atoms with van der Waals surface area (Å²) in [5, 5.41) is 8.91. The van der Waals surface area contributed by atoms with Crippen LogP contribution in [-0.4, -0.2) is 27.7 Å². The van der Waals surface area contributed by atoms with Crippen molar-refractivity contribution in [3.05, 3.63) is 28.8 Å². The molecule has 0 bridgehead atoms. The van der Waals surface area contributed by atoms with Crippen molar-refractivity contribution in [2.45, 2.75) is 29.9 Å². The molecule has 2 rings (SSSR count). The van der Waals surface area contributed by atoms with Gasteiger partial charge in [-0.25, -0.2) is 13.1 Å². The molecule has 0 radical (unpaired) electrons. The van der Waals surface area contributed by atoms with Crippen LogP contribution in [0.1, 0.15) is 18.4 Å². The van der Waals surface area contributed by atoms with Crippen LogP contribution in [0.25, 0.3) is 0 Å². The zero-order valence-corrected chi connectivity index (χ0v) is 11.8. The number of ether oxygens (including phenoxy) is 1. The van der Waals surface area contributed by atoms with Gasteiger partial charge in [-0.1, -0.05) is 11.6 Å². The van der Waals surface area contributed by atoms with E-state index in [0.29, 0.717) is 12.8 Å². The third kappa shape index (κ3) is 3.07. The summed E-state index contributed by atoms with van der Waals surface area (Å²) < 4.78 is 32.0. The monoisotopic (exact) mass is 300 g/mol. The van der Waals surface area contributed by atoms with Crippen LogP contribution in [0.3, 0.4) is 0 Å². The normalized spacial score (nSPS) is 22.6. The van der Waals surface area contributed by atoms with E-state index in [1.165, 1.54) is 18.2 Å². The summed E-state index contributed by atoms with van der Waals surface area (Å²) in [7, 11) is -2.10. The molecule has 5 nitrogen and oxygen atoms in total. The van der Waals surface area contributed by atoms with Crippen molar-refractivity contribution in [1.82, 2.24) is 4.72 Å². The van der Waals surface area contributed by atoms with Crippen molar-refractivity contribution >= 4 is 21.6 Å². The van der Waals surface area contributed by atoms with Crippen LogP contribution in [-0.2, 0) is 14.8 Å². The van der Waals surface area contributed by atoms with Gasteiger partial charge in [0.25, 0.3) is 0 Å². The van der Waals surface area contributed by atoms with Gasteiger partial charge in [-0.05, 0) is 31.0 Å². The lowest BCUT2D eigenvalue weighted by Gasteiger charge is -2.34. The standard InChI is InChI=1S/C12H13ClN2O3S/c1-18-10-5-9(6-10)15-19(16,17)12-4-8(7-14)2-3-11(12)13/h2-4,9-10,15H,5-6H2,1H3. The molecule has 0 amide bonds. The first kappa shape index (κ1) is 14.3. The number of methoxy groups -OCH3 is 1. The van der Waals surface area contributed by atoms with E-state index >= 15 is 0 Å². The van der Waals surface area contributed by atoms with Crippen molar-refractivity contribution in [3.8, 4) is 6.07 Å². The molecule has 7 heteroatoms. The lowest BCUT2D eigenvalue weighted by Crippen LogP contribution is -2.47. The average molecular weight is 301 g/mol. The Bertz CT molecular complexity index is 618. The van der Waals surface area contributed by atoms with E-state index < -0.39 is 10.0 Å². The highest BCUT2D eigenvalue weighted by atomic mass is 35.5. The summed E-state index contributed by atoms with van der Waals surface area (Å²) in [5.74, 6) is 0. The molecule has 0 heterocycles. The number of hydrogen-bond donors (Lipinski definition) is 1. The van der Waals surface area contributed by atoms with Gasteiger partial charge in [0.1, 0.15) is 4.90 Å². The third-order valence-electron chi connectivity index (χ3n) is 3.10. The van der Waals surface area contributed by atoms with E-state index in [0.717, 1.165) is 0 Å². The highest BCUT2D eigenvalue weighted by molar-refractivity contribution is 7.89.